The van der Waals surface area contributed by atoms with Crippen molar-refractivity contribution in [1.82, 2.24) is 15.2 Å². The number of primary amides is 1. The Hall–Kier alpha value is -4.86. The maximum Gasteiger partial charge on any atom is 0.255 e. The van der Waals surface area contributed by atoms with Crippen molar-refractivity contribution in [3.05, 3.63) is 72.3 Å². The van der Waals surface area contributed by atoms with Crippen LogP contribution < -0.4 is 25.3 Å². The number of para-hydroxylation sites is 1. The molecule has 0 saturated carbocycles. The lowest BCUT2D eigenvalue weighted by atomic mass is 10.1. The van der Waals surface area contributed by atoms with Crippen molar-refractivity contribution in [3.8, 4) is 40.0 Å². The predicted molar refractivity (Wildman–Crippen MR) is 129 cm³/mol. The second-order valence-electron chi connectivity index (χ2n) is 7.34. The summed E-state index contributed by atoms with van der Waals surface area (Å²) in [6.07, 6.45) is 0. The summed E-state index contributed by atoms with van der Waals surface area (Å²) in [7, 11) is 2.83. The molecule has 2 amide bonds. The number of rotatable bonds is 9. The number of amides is 2. The first-order chi connectivity index (χ1) is 17.0. The Kier molecular flexibility index (Phi) is 6.91. The molecule has 0 aliphatic rings. The molecule has 0 bridgehead atoms. The molecule has 0 radical (unpaired) electrons. The molecule has 0 unspecified atom stereocenters. The van der Waals surface area contributed by atoms with Crippen molar-refractivity contribution in [2.24, 2.45) is 5.73 Å². The van der Waals surface area contributed by atoms with Gasteiger partial charge in [-0.25, -0.2) is 4.98 Å². The zero-order valence-corrected chi connectivity index (χ0v) is 19.1. The van der Waals surface area contributed by atoms with Gasteiger partial charge in [-0.3, -0.25) is 14.7 Å². The third kappa shape index (κ3) is 5.22. The quantitative estimate of drug-likeness (QED) is 0.339. The number of hydrogen-bond acceptors (Lipinski definition) is 7. The van der Waals surface area contributed by atoms with E-state index in [0.717, 1.165) is 5.56 Å². The van der Waals surface area contributed by atoms with Crippen molar-refractivity contribution in [2.75, 3.05) is 26.1 Å². The summed E-state index contributed by atoms with van der Waals surface area (Å²) < 4.78 is 16.1. The number of methoxy groups -OCH3 is 2. The molecular weight excluding hydrogens is 450 g/mol. The topological polar surface area (TPSA) is 141 Å². The maximum atomic E-state index is 13.2. The average Bonchev–Trinajstić information content (AvgIpc) is 3.38. The van der Waals surface area contributed by atoms with E-state index >= 15 is 0 Å². The molecule has 4 rings (SSSR count). The number of ether oxygens (including phenoxy) is 3. The lowest BCUT2D eigenvalue weighted by molar-refractivity contribution is -0.120. The summed E-state index contributed by atoms with van der Waals surface area (Å²) in [5.41, 5.74) is 7.48. The molecular formula is C25H23N5O5. The predicted octanol–water partition coefficient (Wildman–Crippen LogP) is 3.27. The van der Waals surface area contributed by atoms with Gasteiger partial charge >= 0.3 is 0 Å². The van der Waals surface area contributed by atoms with Crippen molar-refractivity contribution in [3.63, 3.8) is 0 Å². The van der Waals surface area contributed by atoms with E-state index in [1.54, 1.807) is 12.1 Å². The van der Waals surface area contributed by atoms with Crippen LogP contribution in [0.25, 0.3) is 22.8 Å². The number of carbonyl (C=O) groups is 2. The molecule has 4 aromatic rings. The van der Waals surface area contributed by atoms with E-state index in [1.165, 1.54) is 26.4 Å². The number of nitrogens with one attached hydrogen (secondary N) is 2. The van der Waals surface area contributed by atoms with Gasteiger partial charge in [-0.1, -0.05) is 42.5 Å². The highest BCUT2D eigenvalue weighted by Gasteiger charge is 2.20. The Balaban J connectivity index is 1.62. The summed E-state index contributed by atoms with van der Waals surface area (Å²) >= 11 is 0. The van der Waals surface area contributed by atoms with Crippen molar-refractivity contribution in [2.45, 2.75) is 0 Å². The highest BCUT2D eigenvalue weighted by Crippen LogP contribution is 2.39. The first-order valence-corrected chi connectivity index (χ1v) is 10.6. The smallest absolute Gasteiger partial charge is 0.255 e. The second-order valence-corrected chi connectivity index (χ2v) is 7.34. The van der Waals surface area contributed by atoms with E-state index in [9.17, 15) is 9.59 Å². The summed E-state index contributed by atoms with van der Waals surface area (Å²) in [5.74, 6) is 0.570. The first kappa shape index (κ1) is 23.3. The zero-order chi connectivity index (χ0) is 24.8. The molecule has 0 spiro atoms. The average molecular weight is 473 g/mol. The largest absolute Gasteiger partial charge is 0.493 e. The molecule has 10 nitrogen and oxygen atoms in total. The zero-order valence-electron chi connectivity index (χ0n) is 19.1. The number of hydrogen-bond donors (Lipinski definition) is 3. The lowest BCUT2D eigenvalue weighted by Crippen LogP contribution is -2.20. The van der Waals surface area contributed by atoms with E-state index in [4.69, 9.17) is 19.9 Å². The van der Waals surface area contributed by atoms with Crippen LogP contribution in [0.3, 0.4) is 0 Å². The van der Waals surface area contributed by atoms with Crippen LogP contribution in [0.1, 0.15) is 10.4 Å². The minimum absolute atomic E-state index is 0.167. The maximum absolute atomic E-state index is 13.2. The van der Waals surface area contributed by atoms with Crippen LogP contribution in [-0.2, 0) is 4.79 Å². The summed E-state index contributed by atoms with van der Waals surface area (Å²) in [6, 6.07) is 19.8. The van der Waals surface area contributed by atoms with Gasteiger partial charge in [0.25, 0.3) is 11.8 Å². The van der Waals surface area contributed by atoms with Crippen molar-refractivity contribution >= 4 is 17.5 Å². The monoisotopic (exact) mass is 473 g/mol. The molecule has 1 aromatic heterocycles. The van der Waals surface area contributed by atoms with Crippen LogP contribution in [0.15, 0.2) is 66.7 Å². The molecule has 0 fully saturated rings. The lowest BCUT2D eigenvalue weighted by Gasteiger charge is -2.16. The van der Waals surface area contributed by atoms with Gasteiger partial charge in [0.2, 0.25) is 5.75 Å². The van der Waals surface area contributed by atoms with Crippen LogP contribution in [0.2, 0.25) is 0 Å². The fourth-order valence-corrected chi connectivity index (χ4v) is 3.39. The molecule has 0 aliphatic carbocycles. The number of carbonyl (C=O) groups excluding carboxylic acids is 2. The van der Waals surface area contributed by atoms with Gasteiger partial charge in [-0.05, 0) is 24.3 Å². The number of anilines is 1. The minimum Gasteiger partial charge on any atom is -0.493 e. The third-order valence-electron chi connectivity index (χ3n) is 5.03. The van der Waals surface area contributed by atoms with Crippen LogP contribution in [0.4, 0.5) is 5.69 Å². The van der Waals surface area contributed by atoms with Gasteiger partial charge in [0.05, 0.1) is 19.9 Å². The van der Waals surface area contributed by atoms with Crippen molar-refractivity contribution in [1.29, 1.82) is 0 Å². The van der Waals surface area contributed by atoms with Crippen LogP contribution in [0.5, 0.6) is 17.2 Å². The highest BCUT2D eigenvalue weighted by atomic mass is 16.5. The Labute approximate surface area is 201 Å². The number of aromatic nitrogens is 3. The fourth-order valence-electron chi connectivity index (χ4n) is 3.39. The molecule has 4 N–H and O–H groups in total. The van der Waals surface area contributed by atoms with Gasteiger partial charge < -0.3 is 25.3 Å². The number of benzene rings is 3. The third-order valence-corrected chi connectivity index (χ3v) is 5.03. The van der Waals surface area contributed by atoms with E-state index < -0.39 is 11.8 Å². The minimum atomic E-state index is -0.657. The first-order valence-electron chi connectivity index (χ1n) is 10.6. The molecule has 0 saturated heterocycles. The van der Waals surface area contributed by atoms with Crippen molar-refractivity contribution < 1.29 is 23.8 Å². The van der Waals surface area contributed by atoms with Gasteiger partial charge in [-0.2, -0.15) is 5.10 Å². The number of nitrogens with zero attached hydrogens (tertiary/aromatic N) is 2. The molecule has 0 atom stereocenters. The summed E-state index contributed by atoms with van der Waals surface area (Å²) in [6.45, 7) is -0.367. The number of nitrogens with two attached hydrogens (primary N) is 1. The number of H-pyrrole nitrogens is 1. The molecule has 3 aromatic carbocycles. The Morgan fingerprint density at radius 1 is 0.971 bits per heavy atom. The normalized spacial score (nSPS) is 10.5. The van der Waals surface area contributed by atoms with Gasteiger partial charge in [0.1, 0.15) is 0 Å². The SMILES string of the molecule is COc1cc(C(=O)Nc2ccccc2-c2nc(-c3ccccc3)n[nH]2)cc(OC)c1OCC(N)=O. The van der Waals surface area contributed by atoms with Crippen LogP contribution in [-0.4, -0.2) is 47.8 Å². The molecule has 10 heteroatoms. The van der Waals surface area contributed by atoms with E-state index in [2.05, 4.69) is 20.5 Å². The summed E-state index contributed by atoms with van der Waals surface area (Å²) in [5, 5.41) is 10.1. The van der Waals surface area contributed by atoms with Gasteiger partial charge in [0.15, 0.2) is 29.8 Å². The Morgan fingerprint density at radius 2 is 1.63 bits per heavy atom. The molecule has 178 valence electrons. The summed E-state index contributed by atoms with van der Waals surface area (Å²) in [4.78, 5) is 28.9. The highest BCUT2D eigenvalue weighted by molar-refractivity contribution is 6.06. The van der Waals surface area contributed by atoms with E-state index in [-0.39, 0.29) is 29.4 Å². The van der Waals surface area contributed by atoms with E-state index in [1.807, 2.05) is 42.5 Å². The van der Waals surface area contributed by atoms with Gasteiger partial charge in [0, 0.05) is 16.7 Å². The Morgan fingerprint density at radius 3 is 2.29 bits per heavy atom. The number of aromatic amines is 1. The fraction of sp³-hybridized carbons (Fsp3) is 0.120. The second kappa shape index (κ2) is 10.4. The molecule has 0 aliphatic heterocycles. The molecule has 35 heavy (non-hydrogen) atoms. The van der Waals surface area contributed by atoms with Crippen LogP contribution >= 0.6 is 0 Å². The Bertz CT molecular complexity index is 1330. The van der Waals surface area contributed by atoms with Crippen LogP contribution in [0, 0.1) is 0 Å². The molecule has 1 heterocycles. The standard InChI is InChI=1S/C25H23N5O5/c1-33-19-12-16(13-20(34-2)22(19)35-14-21(26)31)25(32)27-18-11-7-6-10-17(18)24-28-23(29-30-24)15-8-4-3-5-9-15/h3-13H,14H2,1-2H3,(H2,26,31)(H,27,32)(H,28,29,30). The van der Waals surface area contributed by atoms with Gasteiger partial charge in [-0.15, -0.1) is 0 Å². The van der Waals surface area contributed by atoms with E-state index in [0.29, 0.717) is 22.9 Å².